The Balaban J connectivity index is 1.47. The Morgan fingerprint density at radius 2 is 1.87 bits per heavy atom. The fourth-order valence-electron chi connectivity index (χ4n) is 3.88. The average molecular weight is 417 g/mol. The smallest absolute Gasteiger partial charge is 0.222 e. The molecule has 3 aromatic carbocycles. The zero-order valence-electron chi connectivity index (χ0n) is 18.0. The van der Waals surface area contributed by atoms with Crippen molar-refractivity contribution in [2.75, 3.05) is 18.6 Å². The van der Waals surface area contributed by atoms with Crippen LogP contribution in [-0.2, 0) is 17.9 Å². The van der Waals surface area contributed by atoms with Crippen LogP contribution in [0.4, 0.5) is 5.69 Å². The molecule has 1 aliphatic heterocycles. The van der Waals surface area contributed by atoms with Gasteiger partial charge in [-0.25, -0.2) is 0 Å². The monoisotopic (exact) mass is 416 g/mol. The highest BCUT2D eigenvalue weighted by Gasteiger charge is 2.29. The van der Waals surface area contributed by atoms with Gasteiger partial charge in [-0.05, 0) is 47.9 Å². The van der Waals surface area contributed by atoms with Gasteiger partial charge in [0.15, 0.2) is 0 Å². The number of nitrogens with zero attached hydrogens (tertiary/aromatic N) is 1. The molecule has 0 aliphatic carbocycles. The maximum atomic E-state index is 12.8. The van der Waals surface area contributed by atoms with Crippen molar-refractivity contribution in [3.8, 4) is 11.5 Å². The number of rotatable bonds is 7. The second-order valence-corrected chi connectivity index (χ2v) is 7.88. The van der Waals surface area contributed by atoms with E-state index in [0.29, 0.717) is 19.6 Å². The number of fused-ring (bicyclic) bond motifs is 1. The van der Waals surface area contributed by atoms with E-state index in [1.807, 2.05) is 42.5 Å². The van der Waals surface area contributed by atoms with Gasteiger partial charge in [-0.15, -0.1) is 0 Å². The van der Waals surface area contributed by atoms with Crippen LogP contribution in [0.5, 0.6) is 11.5 Å². The third-order valence-corrected chi connectivity index (χ3v) is 5.54. The van der Waals surface area contributed by atoms with Gasteiger partial charge in [-0.1, -0.05) is 48.5 Å². The van der Waals surface area contributed by atoms with Gasteiger partial charge in [0, 0.05) is 13.1 Å². The summed E-state index contributed by atoms with van der Waals surface area (Å²) in [6, 6.07) is 24.3. The van der Waals surface area contributed by atoms with Gasteiger partial charge >= 0.3 is 0 Å². The minimum atomic E-state index is -0.0410. The van der Waals surface area contributed by atoms with E-state index in [9.17, 15) is 4.79 Å². The molecule has 0 bridgehead atoms. The van der Waals surface area contributed by atoms with Crippen LogP contribution in [-0.4, -0.2) is 25.7 Å². The van der Waals surface area contributed by atoms with Crippen molar-refractivity contribution in [2.45, 2.75) is 32.5 Å². The van der Waals surface area contributed by atoms with Crippen molar-refractivity contribution in [3.05, 3.63) is 89.5 Å². The summed E-state index contributed by atoms with van der Waals surface area (Å²) < 4.78 is 11.3. The number of aryl methyl sites for hydroxylation is 1. The van der Waals surface area contributed by atoms with Gasteiger partial charge in [0.2, 0.25) is 5.91 Å². The Morgan fingerprint density at radius 1 is 1.06 bits per heavy atom. The quantitative estimate of drug-likeness (QED) is 0.617. The van der Waals surface area contributed by atoms with Crippen molar-refractivity contribution in [2.24, 2.45) is 0 Å². The Bertz CT molecular complexity index is 1040. The van der Waals surface area contributed by atoms with Crippen molar-refractivity contribution < 1.29 is 14.3 Å². The van der Waals surface area contributed by atoms with E-state index in [4.69, 9.17) is 9.47 Å². The van der Waals surface area contributed by atoms with Crippen LogP contribution in [0, 0.1) is 6.92 Å². The third kappa shape index (κ3) is 5.18. The first-order valence-electron chi connectivity index (χ1n) is 10.6. The summed E-state index contributed by atoms with van der Waals surface area (Å²) in [4.78, 5) is 15.1. The fraction of sp³-hybridized carbons (Fsp3) is 0.269. The van der Waals surface area contributed by atoms with Crippen LogP contribution in [0.3, 0.4) is 0 Å². The predicted molar refractivity (Wildman–Crippen MR) is 123 cm³/mol. The summed E-state index contributed by atoms with van der Waals surface area (Å²) in [6.07, 6.45) is 0.365. The molecule has 1 amide bonds. The van der Waals surface area contributed by atoms with Crippen LogP contribution in [0.25, 0.3) is 0 Å². The number of hydrogen-bond donors (Lipinski definition) is 1. The van der Waals surface area contributed by atoms with E-state index in [2.05, 4.69) is 47.5 Å². The molecule has 31 heavy (non-hydrogen) atoms. The topological polar surface area (TPSA) is 50.8 Å². The van der Waals surface area contributed by atoms with Crippen LogP contribution in [0.1, 0.15) is 23.1 Å². The summed E-state index contributed by atoms with van der Waals surface area (Å²) in [5.74, 6) is 1.67. The largest absolute Gasteiger partial charge is 0.497 e. The van der Waals surface area contributed by atoms with Gasteiger partial charge in [-0.2, -0.15) is 0 Å². The van der Waals surface area contributed by atoms with E-state index in [0.717, 1.165) is 34.9 Å². The molecule has 3 aromatic rings. The number of benzene rings is 3. The number of ether oxygens (including phenoxy) is 2. The lowest BCUT2D eigenvalue weighted by molar-refractivity contribution is -0.121. The first-order valence-corrected chi connectivity index (χ1v) is 10.6. The van der Waals surface area contributed by atoms with Gasteiger partial charge in [0.25, 0.3) is 0 Å². The molecule has 0 radical (unpaired) electrons. The highest BCUT2D eigenvalue weighted by molar-refractivity contribution is 5.77. The number of carbonyl (C=O) groups is 1. The van der Waals surface area contributed by atoms with Gasteiger partial charge in [0.1, 0.15) is 18.1 Å². The first kappa shape index (κ1) is 20.8. The highest BCUT2D eigenvalue weighted by Crippen LogP contribution is 2.36. The van der Waals surface area contributed by atoms with E-state index in [1.54, 1.807) is 7.11 Å². The minimum Gasteiger partial charge on any atom is -0.497 e. The molecule has 0 saturated heterocycles. The van der Waals surface area contributed by atoms with E-state index in [1.165, 1.54) is 5.56 Å². The highest BCUT2D eigenvalue weighted by atomic mass is 16.5. The van der Waals surface area contributed by atoms with Gasteiger partial charge in [0.05, 0.1) is 25.3 Å². The standard InChI is InChI=1S/C26H28N2O3/c1-19-11-12-24-25(13-19)31-18-22(28(24)17-20-7-4-3-5-8-20)15-26(29)27-16-21-9-6-10-23(14-21)30-2/h3-14,22H,15-18H2,1-2H3,(H,27,29)/t22-/m1/s1. The molecule has 0 saturated carbocycles. The molecule has 1 N–H and O–H groups in total. The lowest BCUT2D eigenvalue weighted by atomic mass is 10.0. The maximum Gasteiger partial charge on any atom is 0.222 e. The zero-order valence-corrected chi connectivity index (χ0v) is 18.0. The molecule has 5 nitrogen and oxygen atoms in total. The lowest BCUT2D eigenvalue weighted by Gasteiger charge is -2.38. The number of hydrogen-bond acceptors (Lipinski definition) is 4. The number of nitrogens with one attached hydrogen (secondary N) is 1. The number of amides is 1. The summed E-state index contributed by atoms with van der Waals surface area (Å²) in [6.45, 7) is 3.74. The van der Waals surface area contributed by atoms with E-state index < -0.39 is 0 Å². The Labute approximate surface area is 183 Å². The molecule has 0 aromatic heterocycles. The Morgan fingerprint density at radius 3 is 2.68 bits per heavy atom. The van der Waals surface area contributed by atoms with Gasteiger partial charge in [-0.3, -0.25) is 4.79 Å². The summed E-state index contributed by atoms with van der Waals surface area (Å²) in [7, 11) is 1.64. The Kier molecular flexibility index (Phi) is 6.41. The van der Waals surface area contributed by atoms with Crippen molar-refractivity contribution in [1.29, 1.82) is 0 Å². The SMILES string of the molecule is COc1cccc(CNC(=O)C[C@@H]2COc3cc(C)ccc3N2Cc2ccccc2)c1. The minimum absolute atomic E-state index is 0.00467. The van der Waals surface area contributed by atoms with Crippen molar-refractivity contribution in [3.63, 3.8) is 0 Å². The molecule has 1 heterocycles. The molecule has 1 atom stereocenters. The molecule has 1 aliphatic rings. The van der Waals surface area contributed by atoms with Crippen LogP contribution in [0.2, 0.25) is 0 Å². The number of carbonyl (C=O) groups excluding carboxylic acids is 1. The Hall–Kier alpha value is -3.47. The lowest BCUT2D eigenvalue weighted by Crippen LogP contribution is -2.45. The molecule has 0 spiro atoms. The van der Waals surface area contributed by atoms with E-state index in [-0.39, 0.29) is 11.9 Å². The maximum absolute atomic E-state index is 12.8. The van der Waals surface area contributed by atoms with Crippen molar-refractivity contribution in [1.82, 2.24) is 5.32 Å². The molecule has 0 unspecified atom stereocenters. The van der Waals surface area contributed by atoms with Crippen LogP contribution < -0.4 is 19.7 Å². The predicted octanol–water partition coefficient (Wildman–Crippen LogP) is 4.48. The van der Waals surface area contributed by atoms with Gasteiger partial charge < -0.3 is 19.7 Å². The number of methoxy groups -OCH3 is 1. The molecular formula is C26H28N2O3. The van der Waals surface area contributed by atoms with E-state index >= 15 is 0 Å². The normalized spacial score (nSPS) is 15.0. The fourth-order valence-corrected chi connectivity index (χ4v) is 3.88. The van der Waals surface area contributed by atoms with Crippen molar-refractivity contribution >= 4 is 11.6 Å². The number of anilines is 1. The summed E-state index contributed by atoms with van der Waals surface area (Å²) in [5, 5.41) is 3.04. The van der Waals surface area contributed by atoms with Crippen LogP contribution >= 0.6 is 0 Å². The molecule has 160 valence electrons. The molecular weight excluding hydrogens is 388 g/mol. The molecule has 4 rings (SSSR count). The molecule has 5 heteroatoms. The second kappa shape index (κ2) is 9.56. The van der Waals surface area contributed by atoms with Crippen LogP contribution in [0.15, 0.2) is 72.8 Å². The summed E-state index contributed by atoms with van der Waals surface area (Å²) >= 11 is 0. The second-order valence-electron chi connectivity index (χ2n) is 7.88. The molecule has 0 fully saturated rings. The summed E-state index contributed by atoms with van der Waals surface area (Å²) in [5.41, 5.74) is 4.41. The average Bonchev–Trinajstić information content (AvgIpc) is 2.80. The first-order chi connectivity index (χ1) is 15.1. The third-order valence-electron chi connectivity index (χ3n) is 5.54. The zero-order chi connectivity index (χ0) is 21.6.